The van der Waals surface area contributed by atoms with Crippen LogP contribution >= 0.6 is 0 Å². The van der Waals surface area contributed by atoms with Crippen LogP contribution in [0.1, 0.15) is 77.6 Å². The molecule has 2 aliphatic rings. The maximum Gasteiger partial charge on any atom is 0.220 e. The van der Waals surface area contributed by atoms with Crippen LogP contribution < -0.4 is 10.2 Å². The van der Waals surface area contributed by atoms with Crippen LogP contribution in [0.3, 0.4) is 0 Å². The maximum atomic E-state index is 13.6. The quantitative estimate of drug-likeness (QED) is 0.209. The van der Waals surface area contributed by atoms with Gasteiger partial charge >= 0.3 is 0 Å². The summed E-state index contributed by atoms with van der Waals surface area (Å²) in [5.74, 6) is 0.893. The van der Waals surface area contributed by atoms with Gasteiger partial charge in [0.25, 0.3) is 0 Å². The van der Waals surface area contributed by atoms with Gasteiger partial charge in [-0.15, -0.1) is 0 Å². The van der Waals surface area contributed by atoms with Crippen molar-refractivity contribution in [2.24, 2.45) is 5.92 Å². The molecule has 0 radical (unpaired) electrons. The SMILES string of the molecule is O=C(CC1CCCCC1)NCCc1cc(C/C=C/c2ccccc2)cc2ccc3c(c12)C(=O)CCN3Cc1ccccc1. The lowest BCUT2D eigenvalue weighted by molar-refractivity contribution is -0.122. The molecule has 1 heterocycles. The number of carbonyl (C=O) groups is 2. The fraction of sp³-hybridized carbons (Fsp3) is 0.333. The van der Waals surface area contributed by atoms with Crippen molar-refractivity contribution in [2.45, 2.75) is 64.3 Å². The van der Waals surface area contributed by atoms with Crippen molar-refractivity contribution in [3.8, 4) is 0 Å². The van der Waals surface area contributed by atoms with Crippen LogP contribution in [0.2, 0.25) is 0 Å². The molecule has 220 valence electrons. The van der Waals surface area contributed by atoms with E-state index in [-0.39, 0.29) is 11.7 Å². The molecule has 0 atom stereocenters. The van der Waals surface area contributed by atoms with Gasteiger partial charge in [0.1, 0.15) is 0 Å². The number of amides is 1. The van der Waals surface area contributed by atoms with Gasteiger partial charge < -0.3 is 10.2 Å². The number of nitrogens with one attached hydrogen (secondary N) is 1. The minimum Gasteiger partial charge on any atom is -0.366 e. The normalized spacial score (nSPS) is 15.6. The molecule has 4 aromatic rings. The molecule has 6 rings (SSSR count). The highest BCUT2D eigenvalue weighted by atomic mass is 16.1. The third-order valence-corrected chi connectivity index (χ3v) is 9.06. The Morgan fingerprint density at radius 2 is 1.65 bits per heavy atom. The van der Waals surface area contributed by atoms with Crippen LogP contribution in [0.15, 0.2) is 91.0 Å². The standard InChI is InChI=1S/C39H42N2O2/c42-36-22-24-41(28-31-15-8-3-9-16-31)35-20-19-33-25-32(18-10-17-29-11-4-1-5-12-29)26-34(38(33)39(35)36)21-23-40-37(43)27-30-13-6-2-7-14-30/h1,3-5,8-12,15-17,19-20,25-26,30H,2,6-7,13-14,18,21-24,27-28H2,(H,40,43)/b17-10+. The summed E-state index contributed by atoms with van der Waals surface area (Å²) in [5.41, 5.74) is 6.64. The fourth-order valence-corrected chi connectivity index (χ4v) is 6.88. The van der Waals surface area contributed by atoms with E-state index in [1.165, 1.54) is 48.8 Å². The Balaban J connectivity index is 1.29. The molecule has 1 amide bonds. The third kappa shape index (κ3) is 7.25. The monoisotopic (exact) mass is 570 g/mol. The van der Waals surface area contributed by atoms with E-state index in [1.807, 2.05) is 12.1 Å². The van der Waals surface area contributed by atoms with Gasteiger partial charge in [0, 0.05) is 43.7 Å². The molecule has 0 bridgehead atoms. The lowest BCUT2D eigenvalue weighted by Gasteiger charge is -2.32. The largest absolute Gasteiger partial charge is 0.366 e. The number of benzene rings is 4. The molecule has 1 aliphatic heterocycles. The van der Waals surface area contributed by atoms with Crippen molar-refractivity contribution >= 4 is 34.2 Å². The van der Waals surface area contributed by atoms with Crippen molar-refractivity contribution in [1.82, 2.24) is 5.32 Å². The maximum absolute atomic E-state index is 13.6. The number of carbonyl (C=O) groups excluding carboxylic acids is 2. The Labute approximate surface area is 255 Å². The number of ketones is 1. The Bertz CT molecular complexity index is 1590. The summed E-state index contributed by atoms with van der Waals surface area (Å²) in [5, 5.41) is 5.36. The molecule has 43 heavy (non-hydrogen) atoms. The molecule has 1 fully saturated rings. The van der Waals surface area contributed by atoms with Gasteiger partial charge in [-0.3, -0.25) is 9.59 Å². The van der Waals surface area contributed by atoms with Crippen LogP contribution in [0, 0.1) is 5.92 Å². The number of hydrogen-bond donors (Lipinski definition) is 1. The molecule has 4 heteroatoms. The van der Waals surface area contributed by atoms with Gasteiger partial charge in [-0.05, 0) is 70.7 Å². The highest BCUT2D eigenvalue weighted by molar-refractivity contribution is 6.15. The minimum absolute atomic E-state index is 0.158. The number of rotatable bonds is 10. The van der Waals surface area contributed by atoms with Crippen LogP contribution in [0.5, 0.6) is 0 Å². The van der Waals surface area contributed by atoms with Crippen molar-refractivity contribution in [1.29, 1.82) is 0 Å². The second-order valence-corrected chi connectivity index (χ2v) is 12.2. The lowest BCUT2D eigenvalue weighted by atomic mass is 9.87. The number of nitrogens with zero attached hydrogens (tertiary/aromatic N) is 1. The van der Waals surface area contributed by atoms with Crippen molar-refractivity contribution in [3.05, 3.63) is 119 Å². The Hall–Kier alpha value is -4.18. The highest BCUT2D eigenvalue weighted by Crippen LogP contribution is 2.37. The number of hydrogen-bond acceptors (Lipinski definition) is 3. The molecule has 0 saturated heterocycles. The number of fused-ring (bicyclic) bond motifs is 3. The Kier molecular flexibility index (Phi) is 9.32. The number of allylic oxidation sites excluding steroid dienone is 1. The summed E-state index contributed by atoms with van der Waals surface area (Å²) in [4.78, 5) is 28.7. The van der Waals surface area contributed by atoms with E-state index in [0.717, 1.165) is 47.1 Å². The predicted octanol–water partition coefficient (Wildman–Crippen LogP) is 8.32. The first-order valence-electron chi connectivity index (χ1n) is 16.0. The van der Waals surface area contributed by atoms with Gasteiger partial charge in [-0.1, -0.05) is 110 Å². The van der Waals surface area contributed by atoms with E-state index in [4.69, 9.17) is 0 Å². The van der Waals surface area contributed by atoms with Gasteiger partial charge in [0.2, 0.25) is 5.91 Å². The van der Waals surface area contributed by atoms with E-state index in [0.29, 0.717) is 31.7 Å². The van der Waals surface area contributed by atoms with Crippen LogP contribution in [0.4, 0.5) is 5.69 Å². The van der Waals surface area contributed by atoms with Gasteiger partial charge in [-0.25, -0.2) is 0 Å². The van der Waals surface area contributed by atoms with E-state index < -0.39 is 0 Å². The summed E-state index contributed by atoms with van der Waals surface area (Å²) in [7, 11) is 0. The predicted molar refractivity (Wildman–Crippen MR) is 177 cm³/mol. The molecule has 0 aromatic heterocycles. The lowest BCUT2D eigenvalue weighted by Crippen LogP contribution is -2.32. The summed E-state index contributed by atoms with van der Waals surface area (Å²) in [6, 6.07) is 29.6. The fourth-order valence-electron chi connectivity index (χ4n) is 6.88. The minimum atomic E-state index is 0.158. The molecule has 1 aliphatic carbocycles. The second kappa shape index (κ2) is 13.9. The summed E-state index contributed by atoms with van der Waals surface area (Å²) in [6.45, 7) is 2.08. The molecule has 1 N–H and O–H groups in total. The van der Waals surface area contributed by atoms with E-state index >= 15 is 0 Å². The molecular weight excluding hydrogens is 528 g/mol. The Morgan fingerprint density at radius 3 is 2.44 bits per heavy atom. The number of Topliss-reactive ketones (excluding diaryl/α,β-unsaturated/α-hetero) is 1. The van der Waals surface area contributed by atoms with Crippen LogP contribution in [-0.4, -0.2) is 24.8 Å². The molecule has 0 spiro atoms. The van der Waals surface area contributed by atoms with E-state index in [2.05, 4.69) is 95.2 Å². The third-order valence-electron chi connectivity index (χ3n) is 9.06. The van der Waals surface area contributed by atoms with Crippen molar-refractivity contribution in [3.63, 3.8) is 0 Å². The highest BCUT2D eigenvalue weighted by Gasteiger charge is 2.27. The first-order valence-corrected chi connectivity index (χ1v) is 16.0. The van der Waals surface area contributed by atoms with Gasteiger partial charge in [-0.2, -0.15) is 0 Å². The smallest absolute Gasteiger partial charge is 0.220 e. The summed E-state index contributed by atoms with van der Waals surface area (Å²) >= 11 is 0. The summed E-state index contributed by atoms with van der Waals surface area (Å²) < 4.78 is 0. The molecule has 1 saturated carbocycles. The zero-order chi connectivity index (χ0) is 29.4. The van der Waals surface area contributed by atoms with Gasteiger partial charge in [0.15, 0.2) is 5.78 Å². The van der Waals surface area contributed by atoms with Crippen LogP contribution in [0.25, 0.3) is 16.8 Å². The van der Waals surface area contributed by atoms with Gasteiger partial charge in [0.05, 0.1) is 0 Å². The van der Waals surface area contributed by atoms with E-state index in [9.17, 15) is 9.59 Å². The number of anilines is 1. The molecular formula is C39H42N2O2. The Morgan fingerprint density at radius 1 is 0.884 bits per heavy atom. The summed E-state index contributed by atoms with van der Waals surface area (Å²) in [6.07, 6.45) is 13.1. The zero-order valence-corrected chi connectivity index (χ0v) is 25.1. The van der Waals surface area contributed by atoms with Crippen molar-refractivity contribution in [2.75, 3.05) is 18.0 Å². The second-order valence-electron chi connectivity index (χ2n) is 12.2. The first kappa shape index (κ1) is 28.9. The van der Waals surface area contributed by atoms with Crippen LogP contribution in [-0.2, 0) is 24.2 Å². The average Bonchev–Trinajstić information content (AvgIpc) is 3.03. The molecule has 4 aromatic carbocycles. The first-order chi connectivity index (χ1) is 21.1. The average molecular weight is 571 g/mol. The zero-order valence-electron chi connectivity index (χ0n) is 25.1. The molecule has 4 nitrogen and oxygen atoms in total. The topological polar surface area (TPSA) is 49.4 Å². The molecule has 0 unspecified atom stereocenters. The van der Waals surface area contributed by atoms with Crippen molar-refractivity contribution < 1.29 is 9.59 Å². The van der Waals surface area contributed by atoms with E-state index in [1.54, 1.807) is 0 Å².